The molecule has 0 amide bonds. The number of rotatable bonds is 7. The Labute approximate surface area is 119 Å². The van der Waals surface area contributed by atoms with E-state index < -0.39 is 0 Å². The third kappa shape index (κ3) is 3.14. The molecule has 1 heterocycles. The summed E-state index contributed by atoms with van der Waals surface area (Å²) in [7, 11) is 0. The molecule has 0 aliphatic carbocycles. The van der Waals surface area contributed by atoms with Crippen LogP contribution in [0.5, 0.6) is 0 Å². The summed E-state index contributed by atoms with van der Waals surface area (Å²) in [6.07, 6.45) is 1.08. The second-order valence-electron chi connectivity index (χ2n) is 4.91. The minimum absolute atomic E-state index is 0.628. The van der Waals surface area contributed by atoms with Gasteiger partial charge in [-0.1, -0.05) is 13.8 Å². The van der Waals surface area contributed by atoms with Crippen molar-refractivity contribution in [2.45, 2.75) is 20.3 Å². The van der Waals surface area contributed by atoms with Crippen LogP contribution in [0.15, 0.2) is 12.1 Å². The Bertz CT molecular complexity index is 558. The van der Waals surface area contributed by atoms with Crippen LogP contribution in [0.25, 0.3) is 10.9 Å². The van der Waals surface area contributed by atoms with E-state index in [1.807, 2.05) is 6.07 Å². The molecule has 6 heteroatoms. The SMILES string of the molecule is CCN(CC)CCCNc1n[nH]c2c(N)cc(N)cc12. The first-order chi connectivity index (χ1) is 9.65. The second-order valence-corrected chi connectivity index (χ2v) is 4.91. The molecule has 0 fully saturated rings. The van der Waals surface area contributed by atoms with Crippen LogP contribution in [0.4, 0.5) is 17.2 Å². The number of nitrogen functional groups attached to an aromatic ring is 2. The minimum atomic E-state index is 0.628. The van der Waals surface area contributed by atoms with E-state index in [-0.39, 0.29) is 0 Å². The van der Waals surface area contributed by atoms with Crippen molar-refractivity contribution in [3.8, 4) is 0 Å². The number of anilines is 3. The number of fused-ring (bicyclic) bond motifs is 1. The molecule has 0 spiro atoms. The molecule has 6 nitrogen and oxygen atoms in total. The Morgan fingerprint density at radius 1 is 1.25 bits per heavy atom. The predicted molar refractivity (Wildman–Crippen MR) is 85.8 cm³/mol. The van der Waals surface area contributed by atoms with Gasteiger partial charge in [-0.2, -0.15) is 5.10 Å². The Hall–Kier alpha value is -1.95. The molecule has 1 aromatic heterocycles. The second kappa shape index (κ2) is 6.47. The average molecular weight is 276 g/mol. The molecule has 0 aliphatic rings. The average Bonchev–Trinajstić information content (AvgIpc) is 2.82. The zero-order valence-electron chi connectivity index (χ0n) is 12.2. The van der Waals surface area contributed by atoms with Gasteiger partial charge in [0.25, 0.3) is 0 Å². The van der Waals surface area contributed by atoms with Gasteiger partial charge < -0.3 is 21.7 Å². The Balaban J connectivity index is 1.97. The lowest BCUT2D eigenvalue weighted by Crippen LogP contribution is -2.25. The lowest BCUT2D eigenvalue weighted by molar-refractivity contribution is 0.303. The van der Waals surface area contributed by atoms with Crippen LogP contribution in [-0.4, -0.2) is 41.3 Å². The van der Waals surface area contributed by atoms with Crippen LogP contribution in [0.1, 0.15) is 20.3 Å². The fourth-order valence-corrected chi connectivity index (χ4v) is 2.36. The number of hydrogen-bond donors (Lipinski definition) is 4. The Morgan fingerprint density at radius 2 is 2.00 bits per heavy atom. The number of nitrogens with one attached hydrogen (secondary N) is 2. The van der Waals surface area contributed by atoms with Crippen molar-refractivity contribution in [2.24, 2.45) is 0 Å². The van der Waals surface area contributed by atoms with Gasteiger partial charge in [-0.05, 0) is 38.2 Å². The first-order valence-electron chi connectivity index (χ1n) is 7.15. The van der Waals surface area contributed by atoms with Crippen LogP contribution < -0.4 is 16.8 Å². The number of hydrogen-bond acceptors (Lipinski definition) is 5. The molecular weight excluding hydrogens is 252 g/mol. The molecule has 2 aromatic rings. The maximum Gasteiger partial charge on any atom is 0.155 e. The number of aromatic amines is 1. The highest BCUT2D eigenvalue weighted by Crippen LogP contribution is 2.27. The molecule has 0 unspecified atom stereocenters. The largest absolute Gasteiger partial charge is 0.399 e. The Kier molecular flexibility index (Phi) is 4.68. The van der Waals surface area contributed by atoms with Gasteiger partial charge in [-0.15, -0.1) is 0 Å². The lowest BCUT2D eigenvalue weighted by Gasteiger charge is -2.17. The van der Waals surface area contributed by atoms with Crippen molar-refractivity contribution in [1.29, 1.82) is 0 Å². The molecule has 1 aromatic carbocycles. The maximum atomic E-state index is 5.92. The summed E-state index contributed by atoms with van der Waals surface area (Å²) >= 11 is 0. The van der Waals surface area contributed by atoms with Crippen molar-refractivity contribution in [2.75, 3.05) is 43.0 Å². The van der Waals surface area contributed by atoms with Gasteiger partial charge in [0, 0.05) is 17.6 Å². The highest BCUT2D eigenvalue weighted by Gasteiger charge is 2.08. The number of benzene rings is 1. The third-order valence-corrected chi connectivity index (χ3v) is 3.56. The summed E-state index contributed by atoms with van der Waals surface area (Å²) in [6, 6.07) is 3.63. The van der Waals surface area contributed by atoms with Gasteiger partial charge in [0.15, 0.2) is 5.82 Å². The van der Waals surface area contributed by atoms with E-state index in [2.05, 4.69) is 34.3 Å². The lowest BCUT2D eigenvalue weighted by atomic mass is 10.2. The Morgan fingerprint density at radius 3 is 2.70 bits per heavy atom. The quantitative estimate of drug-likeness (QED) is 0.457. The molecule has 110 valence electrons. The standard InChI is InChI=1S/C14H24N6/c1-3-20(4-2)7-5-6-17-14-11-8-10(15)9-12(16)13(11)18-19-14/h8-9H,3-7,15-16H2,1-2H3,(H2,17,18,19). The van der Waals surface area contributed by atoms with Gasteiger partial charge in [-0.3, -0.25) is 5.10 Å². The van der Waals surface area contributed by atoms with Crippen molar-refractivity contribution < 1.29 is 0 Å². The zero-order valence-corrected chi connectivity index (χ0v) is 12.2. The number of H-pyrrole nitrogens is 1. The van der Waals surface area contributed by atoms with Gasteiger partial charge >= 0.3 is 0 Å². The summed E-state index contributed by atoms with van der Waals surface area (Å²) in [6.45, 7) is 8.52. The molecule has 20 heavy (non-hydrogen) atoms. The first kappa shape index (κ1) is 14.5. The fraction of sp³-hybridized carbons (Fsp3) is 0.500. The van der Waals surface area contributed by atoms with Gasteiger partial charge in [0.1, 0.15) is 0 Å². The summed E-state index contributed by atoms with van der Waals surface area (Å²) < 4.78 is 0. The van der Waals surface area contributed by atoms with E-state index in [9.17, 15) is 0 Å². The first-order valence-corrected chi connectivity index (χ1v) is 7.15. The fourth-order valence-electron chi connectivity index (χ4n) is 2.36. The van der Waals surface area contributed by atoms with Crippen LogP contribution in [0.2, 0.25) is 0 Å². The van der Waals surface area contributed by atoms with E-state index in [0.717, 1.165) is 49.3 Å². The van der Waals surface area contributed by atoms with Crippen LogP contribution >= 0.6 is 0 Å². The molecule has 6 N–H and O–H groups in total. The van der Waals surface area contributed by atoms with Crippen LogP contribution in [-0.2, 0) is 0 Å². The molecule has 0 radical (unpaired) electrons. The monoisotopic (exact) mass is 276 g/mol. The number of nitrogens with zero attached hydrogens (tertiary/aromatic N) is 2. The van der Waals surface area contributed by atoms with Gasteiger partial charge in [0.05, 0.1) is 11.2 Å². The van der Waals surface area contributed by atoms with Crippen molar-refractivity contribution in [1.82, 2.24) is 15.1 Å². The van der Waals surface area contributed by atoms with Crippen molar-refractivity contribution in [3.63, 3.8) is 0 Å². The van der Waals surface area contributed by atoms with E-state index in [1.54, 1.807) is 6.07 Å². The predicted octanol–water partition coefficient (Wildman–Crippen LogP) is 1.87. The summed E-state index contributed by atoms with van der Waals surface area (Å²) in [5, 5.41) is 11.5. The molecule has 0 saturated carbocycles. The summed E-state index contributed by atoms with van der Waals surface area (Å²) in [5.74, 6) is 0.818. The maximum absolute atomic E-state index is 5.92. The van der Waals surface area contributed by atoms with Gasteiger partial charge in [0.2, 0.25) is 0 Å². The van der Waals surface area contributed by atoms with Crippen molar-refractivity contribution >= 4 is 28.1 Å². The van der Waals surface area contributed by atoms with E-state index in [1.165, 1.54) is 0 Å². The molecule has 0 saturated heterocycles. The molecule has 0 bridgehead atoms. The van der Waals surface area contributed by atoms with E-state index in [4.69, 9.17) is 11.5 Å². The van der Waals surface area contributed by atoms with Crippen molar-refractivity contribution in [3.05, 3.63) is 12.1 Å². The zero-order chi connectivity index (χ0) is 14.5. The smallest absolute Gasteiger partial charge is 0.155 e. The number of nitrogens with two attached hydrogens (primary N) is 2. The number of aromatic nitrogens is 2. The van der Waals surface area contributed by atoms with E-state index in [0.29, 0.717) is 11.4 Å². The molecule has 0 aliphatic heterocycles. The molecule has 0 atom stereocenters. The van der Waals surface area contributed by atoms with Crippen LogP contribution in [0, 0.1) is 0 Å². The molecule has 2 rings (SSSR count). The normalized spacial score (nSPS) is 11.3. The summed E-state index contributed by atoms with van der Waals surface area (Å²) in [5.41, 5.74) is 13.9. The van der Waals surface area contributed by atoms with Crippen LogP contribution in [0.3, 0.4) is 0 Å². The topological polar surface area (TPSA) is 96.0 Å². The van der Waals surface area contributed by atoms with Gasteiger partial charge in [-0.25, -0.2) is 0 Å². The van der Waals surface area contributed by atoms with E-state index >= 15 is 0 Å². The summed E-state index contributed by atoms with van der Waals surface area (Å²) in [4.78, 5) is 2.40. The third-order valence-electron chi connectivity index (χ3n) is 3.56. The highest BCUT2D eigenvalue weighted by atomic mass is 15.2. The molecular formula is C14H24N6. The highest BCUT2D eigenvalue weighted by molar-refractivity contribution is 5.99. The minimum Gasteiger partial charge on any atom is -0.399 e.